The molecular weight excluding hydrogens is 629 g/mol. The molecular formula is C50H58N2. The van der Waals surface area contributed by atoms with E-state index in [0.29, 0.717) is 0 Å². The van der Waals surface area contributed by atoms with E-state index < -0.39 is 0 Å². The SMILES string of the molecule is C=Cc1ccc(N(C(/C=C\C(=C/C)c2ccc(N(/C(C)=C/C=C(C)\C(C)=C/C)c3cc(C)ccc3C)c(C)c2)=C\C)c2cccc(CC)c2)cc1C. The van der Waals surface area contributed by atoms with Gasteiger partial charge < -0.3 is 9.80 Å². The van der Waals surface area contributed by atoms with Gasteiger partial charge in [0.1, 0.15) is 0 Å². The first-order valence-electron chi connectivity index (χ1n) is 18.6. The van der Waals surface area contributed by atoms with Crippen molar-refractivity contribution in [3.63, 3.8) is 0 Å². The highest BCUT2D eigenvalue weighted by atomic mass is 15.2. The van der Waals surface area contributed by atoms with Crippen LogP contribution in [0.2, 0.25) is 0 Å². The van der Waals surface area contributed by atoms with Crippen LogP contribution in [-0.2, 0) is 6.42 Å². The second kappa shape index (κ2) is 18.2. The van der Waals surface area contributed by atoms with E-state index in [1.807, 2.05) is 6.08 Å². The van der Waals surface area contributed by atoms with E-state index in [9.17, 15) is 0 Å². The second-order valence-electron chi connectivity index (χ2n) is 13.7. The van der Waals surface area contributed by atoms with Crippen molar-refractivity contribution in [3.8, 4) is 0 Å². The Balaban J connectivity index is 1.77. The molecule has 0 heterocycles. The molecule has 0 radical (unpaired) electrons. The van der Waals surface area contributed by atoms with Crippen molar-refractivity contribution in [1.82, 2.24) is 0 Å². The van der Waals surface area contributed by atoms with E-state index in [-0.39, 0.29) is 0 Å². The molecule has 0 fully saturated rings. The molecule has 4 aromatic carbocycles. The Morgan fingerprint density at radius 1 is 0.635 bits per heavy atom. The third-order valence-corrected chi connectivity index (χ3v) is 9.97. The highest BCUT2D eigenvalue weighted by Crippen LogP contribution is 2.37. The average Bonchev–Trinajstić information content (AvgIpc) is 3.15. The van der Waals surface area contributed by atoms with Crippen LogP contribution in [0.5, 0.6) is 0 Å². The van der Waals surface area contributed by atoms with Crippen LogP contribution < -0.4 is 9.80 Å². The van der Waals surface area contributed by atoms with Crippen LogP contribution >= 0.6 is 0 Å². The van der Waals surface area contributed by atoms with Gasteiger partial charge in [-0.1, -0.05) is 91.9 Å². The minimum absolute atomic E-state index is 0.984. The Kier molecular flexibility index (Phi) is 13.8. The second-order valence-corrected chi connectivity index (χ2v) is 13.7. The Morgan fingerprint density at radius 2 is 1.38 bits per heavy atom. The first kappa shape index (κ1) is 39.4. The molecule has 2 nitrogen and oxygen atoms in total. The van der Waals surface area contributed by atoms with Gasteiger partial charge in [-0.05, 0) is 180 Å². The lowest BCUT2D eigenvalue weighted by molar-refractivity contribution is 1.12. The molecule has 0 amide bonds. The van der Waals surface area contributed by atoms with Crippen LogP contribution in [0, 0.1) is 27.7 Å². The molecule has 0 saturated carbocycles. The fraction of sp³-hybridized carbons (Fsp3) is 0.240. The molecule has 0 aromatic heterocycles. The minimum Gasteiger partial charge on any atom is -0.314 e. The molecule has 4 aromatic rings. The summed E-state index contributed by atoms with van der Waals surface area (Å²) >= 11 is 0. The number of allylic oxidation sites excluding steroid dienone is 11. The highest BCUT2D eigenvalue weighted by Gasteiger charge is 2.18. The van der Waals surface area contributed by atoms with Crippen molar-refractivity contribution in [3.05, 3.63) is 189 Å². The standard InChI is InChI=1S/C50H58N2/c1-13-36(7)37(8)23-24-41(12)51(50-31-35(6)21-22-38(50)9)49-30-27-45(32-40(49)11)44(16-4)26-28-46(17-5)52(47-20-18-19-42(14-2)34-47)48-29-25-43(15-3)39(10)33-48/h13,15-34H,3,14H2,1-2,4-12H3/b28-26-,36-13-,37-23-,41-24+,44-16+,46-17-. The molecule has 0 aliphatic carbocycles. The lowest BCUT2D eigenvalue weighted by Crippen LogP contribution is -2.17. The third kappa shape index (κ3) is 9.30. The summed E-state index contributed by atoms with van der Waals surface area (Å²) in [5.41, 5.74) is 19.2. The van der Waals surface area contributed by atoms with E-state index >= 15 is 0 Å². The molecule has 0 aliphatic rings. The van der Waals surface area contributed by atoms with Crippen LogP contribution in [0.25, 0.3) is 11.6 Å². The first-order valence-corrected chi connectivity index (χ1v) is 18.6. The zero-order chi connectivity index (χ0) is 37.9. The normalized spacial score (nSPS) is 13.2. The summed E-state index contributed by atoms with van der Waals surface area (Å²) in [4.78, 5) is 4.75. The Bertz CT molecular complexity index is 2090. The smallest absolute Gasteiger partial charge is 0.0490 e. The van der Waals surface area contributed by atoms with Gasteiger partial charge in [-0.25, -0.2) is 0 Å². The van der Waals surface area contributed by atoms with Gasteiger partial charge in [0.2, 0.25) is 0 Å². The summed E-state index contributed by atoms with van der Waals surface area (Å²) < 4.78 is 0. The van der Waals surface area contributed by atoms with Crippen molar-refractivity contribution in [2.45, 2.75) is 82.6 Å². The molecule has 0 N–H and O–H groups in total. The fourth-order valence-corrected chi connectivity index (χ4v) is 6.46. The summed E-state index contributed by atoms with van der Waals surface area (Å²) in [5.74, 6) is 0. The molecule has 0 aliphatic heterocycles. The lowest BCUT2D eigenvalue weighted by atomic mass is 9.99. The van der Waals surface area contributed by atoms with Crippen molar-refractivity contribution < 1.29 is 0 Å². The van der Waals surface area contributed by atoms with E-state index in [1.165, 1.54) is 67.2 Å². The van der Waals surface area contributed by atoms with Crippen molar-refractivity contribution >= 4 is 34.4 Å². The summed E-state index contributed by atoms with van der Waals surface area (Å²) in [6.07, 6.45) is 18.4. The number of aryl methyl sites for hydroxylation is 5. The van der Waals surface area contributed by atoms with Crippen molar-refractivity contribution in [1.29, 1.82) is 0 Å². The van der Waals surface area contributed by atoms with Crippen LogP contribution in [0.3, 0.4) is 0 Å². The van der Waals surface area contributed by atoms with Crippen LogP contribution in [0.15, 0.2) is 151 Å². The first-order chi connectivity index (χ1) is 24.9. The van der Waals surface area contributed by atoms with Gasteiger partial charge in [0.15, 0.2) is 0 Å². The van der Waals surface area contributed by atoms with Gasteiger partial charge in [0.25, 0.3) is 0 Å². The number of anilines is 4. The molecule has 52 heavy (non-hydrogen) atoms. The van der Waals surface area contributed by atoms with Gasteiger partial charge >= 0.3 is 0 Å². The summed E-state index contributed by atoms with van der Waals surface area (Å²) in [6, 6.07) is 29.0. The predicted molar refractivity (Wildman–Crippen MR) is 232 cm³/mol. The van der Waals surface area contributed by atoms with E-state index in [0.717, 1.165) is 29.1 Å². The highest BCUT2D eigenvalue weighted by molar-refractivity contribution is 5.81. The molecule has 0 atom stereocenters. The average molecular weight is 687 g/mol. The Morgan fingerprint density at radius 3 is 2.02 bits per heavy atom. The van der Waals surface area contributed by atoms with E-state index in [1.54, 1.807) is 0 Å². The van der Waals surface area contributed by atoms with Crippen LogP contribution in [0.4, 0.5) is 22.7 Å². The number of rotatable bonds is 13. The van der Waals surface area contributed by atoms with Gasteiger partial charge in [-0.2, -0.15) is 0 Å². The largest absolute Gasteiger partial charge is 0.314 e. The summed E-state index contributed by atoms with van der Waals surface area (Å²) in [6.45, 7) is 27.8. The molecule has 0 unspecified atom stereocenters. The molecule has 0 saturated heterocycles. The topological polar surface area (TPSA) is 6.48 Å². The van der Waals surface area contributed by atoms with Gasteiger partial charge in [-0.15, -0.1) is 0 Å². The number of nitrogens with zero attached hydrogens (tertiary/aromatic N) is 2. The Labute approximate surface area is 315 Å². The summed E-state index contributed by atoms with van der Waals surface area (Å²) in [5, 5.41) is 0. The monoisotopic (exact) mass is 686 g/mol. The minimum atomic E-state index is 0.984. The van der Waals surface area contributed by atoms with Gasteiger partial charge in [-0.3, -0.25) is 0 Å². The number of hydrogen-bond acceptors (Lipinski definition) is 2. The van der Waals surface area contributed by atoms with Gasteiger partial charge in [0.05, 0.1) is 0 Å². The molecule has 0 spiro atoms. The zero-order valence-electron chi connectivity index (χ0n) is 33.4. The molecule has 268 valence electrons. The van der Waals surface area contributed by atoms with Crippen molar-refractivity contribution in [2.75, 3.05) is 9.80 Å². The summed E-state index contributed by atoms with van der Waals surface area (Å²) in [7, 11) is 0. The molecule has 2 heteroatoms. The molecule has 4 rings (SSSR count). The van der Waals surface area contributed by atoms with E-state index in [2.05, 4.69) is 214 Å². The fourth-order valence-electron chi connectivity index (χ4n) is 6.46. The third-order valence-electron chi connectivity index (χ3n) is 9.97. The number of hydrogen-bond donors (Lipinski definition) is 0. The quantitative estimate of drug-likeness (QED) is 0.129. The van der Waals surface area contributed by atoms with Crippen LogP contribution in [0.1, 0.15) is 87.4 Å². The lowest BCUT2D eigenvalue weighted by Gasteiger charge is -2.29. The number of benzene rings is 4. The Hall–Kier alpha value is -5.34. The zero-order valence-corrected chi connectivity index (χ0v) is 33.4. The molecule has 0 bridgehead atoms. The van der Waals surface area contributed by atoms with Gasteiger partial charge in [0, 0.05) is 34.1 Å². The predicted octanol–water partition coefficient (Wildman–Crippen LogP) is 14.8. The maximum Gasteiger partial charge on any atom is 0.0490 e. The van der Waals surface area contributed by atoms with E-state index in [4.69, 9.17) is 0 Å². The maximum atomic E-state index is 4.01. The van der Waals surface area contributed by atoms with Crippen LogP contribution in [-0.4, -0.2) is 0 Å². The van der Waals surface area contributed by atoms with Crippen molar-refractivity contribution in [2.24, 2.45) is 0 Å². The maximum absolute atomic E-state index is 4.01.